The maximum absolute atomic E-state index is 13.2. The van der Waals surface area contributed by atoms with Crippen molar-refractivity contribution in [1.82, 2.24) is 19.9 Å². The molecule has 7 heteroatoms. The van der Waals surface area contributed by atoms with Gasteiger partial charge < -0.3 is 9.80 Å². The molecule has 0 bridgehead atoms. The van der Waals surface area contributed by atoms with Gasteiger partial charge in [0.1, 0.15) is 23.7 Å². The molecule has 154 valence electrons. The minimum Gasteiger partial charge on any atom is -0.353 e. The molecule has 1 saturated heterocycles. The number of amides is 1. The van der Waals surface area contributed by atoms with E-state index in [4.69, 9.17) is 0 Å². The number of aromatic nitrogens is 3. The molecule has 0 radical (unpaired) electrons. The lowest BCUT2D eigenvalue weighted by atomic mass is 10.1. The Hall–Kier alpha value is -3.87. The monoisotopic (exact) mass is 413 g/mol. The molecule has 1 aliphatic heterocycles. The van der Waals surface area contributed by atoms with Gasteiger partial charge in [0.15, 0.2) is 0 Å². The van der Waals surface area contributed by atoms with Crippen LogP contribution in [0, 0.1) is 5.82 Å². The van der Waals surface area contributed by atoms with Crippen molar-refractivity contribution in [2.45, 2.75) is 0 Å². The Labute approximate surface area is 179 Å². The second-order valence-corrected chi connectivity index (χ2v) is 7.44. The minimum absolute atomic E-state index is 0.0555. The standard InChI is InChI=1S/C24H20FN5O/c25-19-8-5-18(6-9-19)22-15-23(27-16-26-22)29-11-13-30(14-12-29)24(31)21-10-7-17-3-1-2-4-20(17)28-21/h1-10,15-16H,11-14H2. The average Bonchev–Trinajstić information content (AvgIpc) is 2.84. The molecule has 1 aliphatic rings. The Morgan fingerprint density at radius 2 is 1.65 bits per heavy atom. The summed E-state index contributed by atoms with van der Waals surface area (Å²) >= 11 is 0. The van der Waals surface area contributed by atoms with Gasteiger partial charge >= 0.3 is 0 Å². The Bertz CT molecular complexity index is 1240. The third-order valence-corrected chi connectivity index (χ3v) is 5.50. The number of nitrogens with zero attached hydrogens (tertiary/aromatic N) is 5. The van der Waals surface area contributed by atoms with E-state index in [1.165, 1.54) is 18.5 Å². The molecule has 1 fully saturated rings. The molecule has 1 amide bonds. The number of fused-ring (bicyclic) bond motifs is 1. The van der Waals surface area contributed by atoms with Gasteiger partial charge in [-0.3, -0.25) is 4.79 Å². The number of hydrogen-bond acceptors (Lipinski definition) is 5. The summed E-state index contributed by atoms with van der Waals surface area (Å²) in [6.45, 7) is 2.50. The fraction of sp³-hybridized carbons (Fsp3) is 0.167. The van der Waals surface area contributed by atoms with E-state index in [0.29, 0.717) is 31.9 Å². The predicted molar refractivity (Wildman–Crippen MR) is 117 cm³/mol. The fourth-order valence-electron chi connectivity index (χ4n) is 3.78. The summed E-state index contributed by atoms with van der Waals surface area (Å²) in [7, 11) is 0. The van der Waals surface area contributed by atoms with Gasteiger partial charge in [0.25, 0.3) is 5.91 Å². The zero-order valence-corrected chi connectivity index (χ0v) is 16.8. The van der Waals surface area contributed by atoms with Gasteiger partial charge in [-0.25, -0.2) is 19.3 Å². The first-order valence-corrected chi connectivity index (χ1v) is 10.2. The van der Waals surface area contributed by atoms with Crippen LogP contribution in [0.5, 0.6) is 0 Å². The van der Waals surface area contributed by atoms with Crippen molar-refractivity contribution < 1.29 is 9.18 Å². The third kappa shape index (κ3) is 3.94. The largest absolute Gasteiger partial charge is 0.353 e. The van der Waals surface area contributed by atoms with Gasteiger partial charge in [0, 0.05) is 43.2 Å². The summed E-state index contributed by atoms with van der Waals surface area (Å²) in [5.41, 5.74) is 2.86. The molecule has 0 spiro atoms. The number of hydrogen-bond donors (Lipinski definition) is 0. The first kappa shape index (κ1) is 19.1. The highest BCUT2D eigenvalue weighted by Crippen LogP contribution is 2.22. The highest BCUT2D eigenvalue weighted by molar-refractivity contribution is 5.95. The van der Waals surface area contributed by atoms with E-state index in [9.17, 15) is 9.18 Å². The van der Waals surface area contributed by atoms with Crippen LogP contribution in [-0.4, -0.2) is 51.9 Å². The average molecular weight is 413 g/mol. The van der Waals surface area contributed by atoms with E-state index < -0.39 is 0 Å². The Morgan fingerprint density at radius 1 is 0.871 bits per heavy atom. The molecule has 4 aromatic rings. The number of anilines is 1. The van der Waals surface area contributed by atoms with Crippen LogP contribution in [-0.2, 0) is 0 Å². The molecule has 31 heavy (non-hydrogen) atoms. The van der Waals surface area contributed by atoms with Crippen molar-refractivity contribution in [2.75, 3.05) is 31.1 Å². The van der Waals surface area contributed by atoms with Gasteiger partial charge in [0.2, 0.25) is 0 Å². The number of pyridine rings is 1. The first-order chi connectivity index (χ1) is 15.2. The van der Waals surface area contributed by atoms with Crippen molar-refractivity contribution in [3.8, 4) is 11.3 Å². The number of carbonyl (C=O) groups excluding carboxylic acids is 1. The van der Waals surface area contributed by atoms with E-state index >= 15 is 0 Å². The number of para-hydroxylation sites is 1. The lowest BCUT2D eigenvalue weighted by Crippen LogP contribution is -2.49. The van der Waals surface area contributed by atoms with Crippen LogP contribution < -0.4 is 4.90 Å². The normalized spacial score (nSPS) is 14.1. The predicted octanol–water partition coefficient (Wildman–Crippen LogP) is 3.79. The smallest absolute Gasteiger partial charge is 0.272 e. The van der Waals surface area contributed by atoms with Crippen molar-refractivity contribution >= 4 is 22.6 Å². The van der Waals surface area contributed by atoms with Crippen LogP contribution >= 0.6 is 0 Å². The summed E-state index contributed by atoms with van der Waals surface area (Å²) < 4.78 is 13.2. The second kappa shape index (κ2) is 8.10. The van der Waals surface area contributed by atoms with E-state index in [-0.39, 0.29) is 11.7 Å². The van der Waals surface area contributed by atoms with Crippen LogP contribution in [0.15, 0.2) is 73.1 Å². The topological polar surface area (TPSA) is 62.2 Å². The molecular formula is C24H20FN5O. The molecule has 3 heterocycles. The van der Waals surface area contributed by atoms with Gasteiger partial charge in [-0.15, -0.1) is 0 Å². The van der Waals surface area contributed by atoms with Crippen LogP contribution in [0.4, 0.5) is 10.2 Å². The second-order valence-electron chi connectivity index (χ2n) is 7.44. The summed E-state index contributed by atoms with van der Waals surface area (Å²) in [6, 6.07) is 19.6. The number of piperazine rings is 1. The highest BCUT2D eigenvalue weighted by Gasteiger charge is 2.24. The zero-order chi connectivity index (χ0) is 21.2. The molecular weight excluding hydrogens is 393 g/mol. The quantitative estimate of drug-likeness (QED) is 0.511. The van der Waals surface area contributed by atoms with Crippen LogP contribution in [0.25, 0.3) is 22.2 Å². The summed E-state index contributed by atoms with van der Waals surface area (Å²) in [6.07, 6.45) is 1.52. The number of benzene rings is 2. The Kier molecular flexibility index (Phi) is 5.00. The molecule has 0 N–H and O–H groups in total. The van der Waals surface area contributed by atoms with E-state index in [0.717, 1.165) is 28.0 Å². The number of carbonyl (C=O) groups is 1. The summed E-state index contributed by atoms with van der Waals surface area (Å²) in [5.74, 6) is 0.463. The van der Waals surface area contributed by atoms with E-state index in [1.807, 2.05) is 41.3 Å². The minimum atomic E-state index is -0.278. The number of halogens is 1. The first-order valence-electron chi connectivity index (χ1n) is 10.2. The van der Waals surface area contributed by atoms with Gasteiger partial charge in [-0.1, -0.05) is 24.3 Å². The lowest BCUT2D eigenvalue weighted by molar-refractivity contribution is 0.0741. The van der Waals surface area contributed by atoms with Gasteiger partial charge in [-0.2, -0.15) is 0 Å². The van der Waals surface area contributed by atoms with Crippen molar-refractivity contribution in [1.29, 1.82) is 0 Å². The van der Waals surface area contributed by atoms with Gasteiger partial charge in [0.05, 0.1) is 11.2 Å². The molecule has 6 nitrogen and oxygen atoms in total. The molecule has 2 aromatic carbocycles. The number of rotatable bonds is 3. The fourth-order valence-corrected chi connectivity index (χ4v) is 3.78. The molecule has 0 unspecified atom stereocenters. The van der Waals surface area contributed by atoms with Gasteiger partial charge in [-0.05, 0) is 36.4 Å². The molecule has 2 aromatic heterocycles. The maximum atomic E-state index is 13.2. The van der Waals surface area contributed by atoms with E-state index in [1.54, 1.807) is 18.2 Å². The Balaban J connectivity index is 1.28. The SMILES string of the molecule is O=C(c1ccc2ccccc2n1)N1CCN(c2cc(-c3ccc(F)cc3)ncn2)CC1. The molecule has 0 aliphatic carbocycles. The molecule has 5 rings (SSSR count). The summed E-state index contributed by atoms with van der Waals surface area (Å²) in [4.78, 5) is 30.1. The highest BCUT2D eigenvalue weighted by atomic mass is 19.1. The molecule has 0 saturated carbocycles. The third-order valence-electron chi connectivity index (χ3n) is 5.50. The molecule has 0 atom stereocenters. The van der Waals surface area contributed by atoms with Crippen molar-refractivity contribution in [3.05, 3.63) is 84.6 Å². The van der Waals surface area contributed by atoms with Crippen LogP contribution in [0.2, 0.25) is 0 Å². The summed E-state index contributed by atoms with van der Waals surface area (Å²) in [5, 5.41) is 1.02. The van der Waals surface area contributed by atoms with Crippen molar-refractivity contribution in [2.24, 2.45) is 0 Å². The van der Waals surface area contributed by atoms with Crippen LogP contribution in [0.3, 0.4) is 0 Å². The van der Waals surface area contributed by atoms with Crippen LogP contribution in [0.1, 0.15) is 10.5 Å². The maximum Gasteiger partial charge on any atom is 0.272 e. The Morgan fingerprint density at radius 3 is 2.45 bits per heavy atom. The van der Waals surface area contributed by atoms with E-state index in [2.05, 4.69) is 19.9 Å². The zero-order valence-electron chi connectivity index (χ0n) is 16.8. The lowest BCUT2D eigenvalue weighted by Gasteiger charge is -2.35. The van der Waals surface area contributed by atoms with Crippen molar-refractivity contribution in [3.63, 3.8) is 0 Å².